The lowest BCUT2D eigenvalue weighted by atomic mass is 10.2. The zero-order valence-corrected chi connectivity index (χ0v) is 14.6. The summed E-state index contributed by atoms with van der Waals surface area (Å²) in [7, 11) is 1.94. The number of benzene rings is 1. The first-order valence-corrected chi connectivity index (χ1v) is 7.93. The topological polar surface area (TPSA) is 56.1 Å². The van der Waals surface area contributed by atoms with Crippen molar-refractivity contribution >= 4 is 21.8 Å². The van der Waals surface area contributed by atoms with Gasteiger partial charge in [-0.3, -0.25) is 4.79 Å². The maximum atomic E-state index is 12.1. The number of rotatable bonds is 6. The third kappa shape index (κ3) is 4.34. The van der Waals surface area contributed by atoms with Crippen LogP contribution in [0.5, 0.6) is 5.75 Å². The number of carbonyl (C=O) groups is 1. The van der Waals surface area contributed by atoms with E-state index in [0.717, 1.165) is 15.9 Å². The molecule has 1 aromatic carbocycles. The minimum Gasteiger partial charge on any atom is -0.480 e. The van der Waals surface area contributed by atoms with Crippen molar-refractivity contribution in [1.29, 1.82) is 0 Å². The highest BCUT2D eigenvalue weighted by Crippen LogP contribution is 2.26. The van der Waals surface area contributed by atoms with Crippen LogP contribution >= 0.6 is 15.9 Å². The second kappa shape index (κ2) is 7.45. The molecule has 0 aliphatic heterocycles. The summed E-state index contributed by atoms with van der Waals surface area (Å²) in [4.78, 5) is 16.3. The number of amides is 1. The van der Waals surface area contributed by atoms with Gasteiger partial charge in [-0.2, -0.15) is 0 Å². The molecule has 1 aromatic heterocycles. The van der Waals surface area contributed by atoms with Crippen molar-refractivity contribution in [3.63, 3.8) is 0 Å². The van der Waals surface area contributed by atoms with E-state index in [0.29, 0.717) is 18.7 Å². The Balaban J connectivity index is 1.83. The van der Waals surface area contributed by atoms with Crippen LogP contribution in [-0.4, -0.2) is 28.1 Å². The molecule has 6 heteroatoms. The summed E-state index contributed by atoms with van der Waals surface area (Å²) in [6.07, 6.45) is 3.77. The summed E-state index contributed by atoms with van der Waals surface area (Å²) in [6, 6.07) is 5.77. The van der Waals surface area contributed by atoms with E-state index in [2.05, 4.69) is 26.2 Å². The van der Waals surface area contributed by atoms with Crippen LogP contribution in [0.25, 0.3) is 0 Å². The molecule has 0 aliphatic carbocycles. The fraction of sp³-hybridized carbons (Fsp3) is 0.375. The molecule has 5 nitrogen and oxygen atoms in total. The van der Waals surface area contributed by atoms with E-state index in [-0.39, 0.29) is 5.91 Å². The standard InChI is InChI=1S/C16H20BrN3O2/c1-11-4-5-14(13(17)10-11)22-12(2)16(21)19-7-6-15-18-8-9-20(15)3/h4-5,8-10,12H,6-7H2,1-3H3,(H,19,21). The molecule has 2 rings (SSSR count). The van der Waals surface area contributed by atoms with Gasteiger partial charge in [0.1, 0.15) is 11.6 Å². The highest BCUT2D eigenvalue weighted by atomic mass is 79.9. The summed E-state index contributed by atoms with van der Waals surface area (Å²) in [5, 5.41) is 2.87. The SMILES string of the molecule is Cc1ccc(OC(C)C(=O)NCCc2nccn2C)c(Br)c1. The summed E-state index contributed by atoms with van der Waals surface area (Å²) in [6.45, 7) is 4.27. The predicted molar refractivity (Wildman–Crippen MR) is 88.9 cm³/mol. The Morgan fingerprint density at radius 3 is 2.91 bits per heavy atom. The van der Waals surface area contributed by atoms with Gasteiger partial charge in [0, 0.05) is 32.4 Å². The molecular weight excluding hydrogens is 346 g/mol. The fourth-order valence-corrected chi connectivity index (χ4v) is 2.61. The molecule has 1 atom stereocenters. The molecule has 1 N–H and O–H groups in total. The van der Waals surface area contributed by atoms with Crippen molar-refractivity contribution in [2.24, 2.45) is 7.05 Å². The molecule has 0 saturated carbocycles. The Morgan fingerprint density at radius 2 is 2.27 bits per heavy atom. The van der Waals surface area contributed by atoms with E-state index in [9.17, 15) is 4.79 Å². The summed E-state index contributed by atoms with van der Waals surface area (Å²) in [5.41, 5.74) is 1.13. The molecule has 1 heterocycles. The van der Waals surface area contributed by atoms with Gasteiger partial charge in [0.25, 0.3) is 5.91 Å². The lowest BCUT2D eigenvalue weighted by molar-refractivity contribution is -0.127. The number of hydrogen-bond donors (Lipinski definition) is 1. The largest absolute Gasteiger partial charge is 0.480 e. The van der Waals surface area contributed by atoms with Gasteiger partial charge >= 0.3 is 0 Å². The Bertz CT molecular complexity index is 655. The number of aryl methyl sites for hydroxylation is 2. The normalized spacial score (nSPS) is 12.0. The van der Waals surface area contributed by atoms with Crippen molar-refractivity contribution in [2.45, 2.75) is 26.4 Å². The highest BCUT2D eigenvalue weighted by molar-refractivity contribution is 9.10. The molecule has 0 aliphatic rings. The van der Waals surface area contributed by atoms with E-state index in [1.165, 1.54) is 0 Å². The van der Waals surface area contributed by atoms with E-state index in [1.807, 2.05) is 42.9 Å². The summed E-state index contributed by atoms with van der Waals surface area (Å²) in [5.74, 6) is 1.47. The van der Waals surface area contributed by atoms with Crippen molar-refractivity contribution in [1.82, 2.24) is 14.9 Å². The number of aromatic nitrogens is 2. The average Bonchev–Trinajstić information content (AvgIpc) is 2.87. The van der Waals surface area contributed by atoms with Crippen LogP contribution in [0, 0.1) is 6.92 Å². The fourth-order valence-electron chi connectivity index (χ4n) is 2.02. The zero-order chi connectivity index (χ0) is 16.1. The third-order valence-corrected chi connectivity index (χ3v) is 3.95. The van der Waals surface area contributed by atoms with E-state index in [4.69, 9.17) is 4.74 Å². The van der Waals surface area contributed by atoms with Crippen LogP contribution in [0.4, 0.5) is 0 Å². The number of halogens is 1. The Kier molecular flexibility index (Phi) is 5.60. The number of nitrogens with zero attached hydrogens (tertiary/aromatic N) is 2. The quantitative estimate of drug-likeness (QED) is 0.855. The van der Waals surface area contributed by atoms with Crippen LogP contribution in [-0.2, 0) is 18.3 Å². The number of ether oxygens (including phenoxy) is 1. The molecule has 2 aromatic rings. The van der Waals surface area contributed by atoms with Crippen LogP contribution in [0.2, 0.25) is 0 Å². The number of carbonyl (C=O) groups excluding carboxylic acids is 1. The molecular formula is C16H20BrN3O2. The van der Waals surface area contributed by atoms with Gasteiger partial charge in [-0.15, -0.1) is 0 Å². The van der Waals surface area contributed by atoms with Gasteiger partial charge in [-0.25, -0.2) is 4.98 Å². The van der Waals surface area contributed by atoms with Gasteiger partial charge < -0.3 is 14.6 Å². The average molecular weight is 366 g/mol. The van der Waals surface area contributed by atoms with Gasteiger partial charge in [-0.1, -0.05) is 6.07 Å². The van der Waals surface area contributed by atoms with Gasteiger partial charge in [0.05, 0.1) is 4.47 Å². The maximum absolute atomic E-state index is 12.1. The first kappa shape index (κ1) is 16.5. The summed E-state index contributed by atoms with van der Waals surface area (Å²) < 4.78 is 8.48. The second-order valence-electron chi connectivity index (χ2n) is 5.19. The van der Waals surface area contributed by atoms with Crippen LogP contribution in [0.15, 0.2) is 35.1 Å². The third-order valence-electron chi connectivity index (χ3n) is 3.33. The minimum absolute atomic E-state index is 0.137. The van der Waals surface area contributed by atoms with E-state index >= 15 is 0 Å². The Hall–Kier alpha value is -1.82. The van der Waals surface area contributed by atoms with Crippen LogP contribution in [0.1, 0.15) is 18.3 Å². The van der Waals surface area contributed by atoms with Gasteiger partial charge in [0.2, 0.25) is 0 Å². The number of nitrogens with one attached hydrogen (secondary N) is 1. The molecule has 118 valence electrons. The lowest BCUT2D eigenvalue weighted by Crippen LogP contribution is -2.37. The monoisotopic (exact) mass is 365 g/mol. The first-order valence-electron chi connectivity index (χ1n) is 7.14. The molecule has 22 heavy (non-hydrogen) atoms. The maximum Gasteiger partial charge on any atom is 0.260 e. The molecule has 1 unspecified atom stereocenters. The van der Waals surface area contributed by atoms with Crippen molar-refractivity contribution < 1.29 is 9.53 Å². The Labute approximate surface area is 138 Å². The molecule has 0 bridgehead atoms. The molecule has 0 fully saturated rings. The smallest absolute Gasteiger partial charge is 0.260 e. The Morgan fingerprint density at radius 1 is 1.50 bits per heavy atom. The summed E-state index contributed by atoms with van der Waals surface area (Å²) >= 11 is 3.44. The van der Waals surface area contributed by atoms with Gasteiger partial charge in [-0.05, 0) is 47.5 Å². The lowest BCUT2D eigenvalue weighted by Gasteiger charge is -2.16. The van der Waals surface area contributed by atoms with Gasteiger partial charge in [0.15, 0.2) is 6.10 Å². The predicted octanol–water partition coefficient (Wildman–Crippen LogP) is 2.62. The van der Waals surface area contributed by atoms with Crippen LogP contribution < -0.4 is 10.1 Å². The zero-order valence-electron chi connectivity index (χ0n) is 13.0. The molecule has 1 amide bonds. The van der Waals surface area contributed by atoms with Crippen molar-refractivity contribution in [3.05, 3.63) is 46.5 Å². The van der Waals surface area contributed by atoms with E-state index in [1.54, 1.807) is 13.1 Å². The van der Waals surface area contributed by atoms with Crippen molar-refractivity contribution in [2.75, 3.05) is 6.54 Å². The first-order chi connectivity index (χ1) is 10.5. The number of imidazole rings is 1. The molecule has 0 spiro atoms. The van der Waals surface area contributed by atoms with Crippen LogP contribution in [0.3, 0.4) is 0 Å². The highest BCUT2D eigenvalue weighted by Gasteiger charge is 2.15. The number of hydrogen-bond acceptors (Lipinski definition) is 3. The van der Waals surface area contributed by atoms with Crippen molar-refractivity contribution in [3.8, 4) is 5.75 Å². The minimum atomic E-state index is -0.555. The second-order valence-corrected chi connectivity index (χ2v) is 6.04. The van der Waals surface area contributed by atoms with E-state index < -0.39 is 6.10 Å². The molecule has 0 saturated heterocycles. The molecule has 0 radical (unpaired) electrons.